The molecule has 1 aliphatic heterocycles. The maximum atomic E-state index is 12.3. The van der Waals surface area contributed by atoms with Gasteiger partial charge in [-0.15, -0.1) is 0 Å². The molecule has 0 bridgehead atoms. The van der Waals surface area contributed by atoms with Crippen molar-refractivity contribution in [3.8, 4) is 11.5 Å². The molecule has 4 nitrogen and oxygen atoms in total. The van der Waals surface area contributed by atoms with Crippen molar-refractivity contribution in [1.82, 2.24) is 4.90 Å². The highest BCUT2D eigenvalue weighted by molar-refractivity contribution is 9.09. The second kappa shape index (κ2) is 5.61. The van der Waals surface area contributed by atoms with E-state index in [0.29, 0.717) is 29.2 Å². The predicted molar refractivity (Wildman–Crippen MR) is 72.5 cm³/mol. The summed E-state index contributed by atoms with van der Waals surface area (Å²) in [5.74, 6) is 0.444. The number of hydrogen-bond donors (Lipinski definition) is 1. The Bertz CT molecular complexity index is 442. The second-order valence-corrected chi connectivity index (χ2v) is 5.64. The van der Waals surface area contributed by atoms with Crippen LogP contribution in [-0.4, -0.2) is 40.9 Å². The normalized spacial score (nSPS) is 16.7. The van der Waals surface area contributed by atoms with E-state index in [1.165, 1.54) is 13.2 Å². The van der Waals surface area contributed by atoms with E-state index >= 15 is 0 Å². The van der Waals surface area contributed by atoms with E-state index in [-0.39, 0.29) is 11.7 Å². The molecule has 0 atom stereocenters. The number of likely N-dealkylation sites (tertiary alicyclic amines) is 1. The Labute approximate surface area is 115 Å². The van der Waals surface area contributed by atoms with Gasteiger partial charge in [-0.05, 0) is 31.0 Å². The van der Waals surface area contributed by atoms with E-state index < -0.39 is 0 Å². The molecule has 0 aliphatic carbocycles. The van der Waals surface area contributed by atoms with E-state index in [2.05, 4.69) is 15.9 Å². The molecule has 18 heavy (non-hydrogen) atoms. The third-order valence-corrected chi connectivity index (χ3v) is 4.06. The first-order valence-electron chi connectivity index (χ1n) is 5.92. The van der Waals surface area contributed by atoms with Gasteiger partial charge >= 0.3 is 0 Å². The molecule has 1 aliphatic rings. The van der Waals surface area contributed by atoms with Crippen LogP contribution in [0.4, 0.5) is 0 Å². The molecule has 1 N–H and O–H groups in total. The van der Waals surface area contributed by atoms with Gasteiger partial charge in [0.05, 0.1) is 12.7 Å². The Morgan fingerprint density at radius 3 is 2.72 bits per heavy atom. The average Bonchev–Trinajstić information content (AvgIpc) is 2.39. The summed E-state index contributed by atoms with van der Waals surface area (Å²) in [7, 11) is 1.54. The maximum absolute atomic E-state index is 12.3. The number of benzene rings is 1. The lowest BCUT2D eigenvalue weighted by Gasteiger charge is -2.29. The summed E-state index contributed by atoms with van der Waals surface area (Å²) in [6.45, 7) is 1.43. The molecular weight excluding hydrogens is 298 g/mol. The number of phenols is 1. The van der Waals surface area contributed by atoms with Gasteiger partial charge in [0.2, 0.25) is 0 Å². The van der Waals surface area contributed by atoms with Crippen LogP contribution in [0.25, 0.3) is 0 Å². The molecule has 1 saturated heterocycles. The molecule has 2 rings (SSSR count). The number of methoxy groups -OCH3 is 1. The molecule has 1 amide bonds. The van der Waals surface area contributed by atoms with Crippen LogP contribution in [0.2, 0.25) is 0 Å². The van der Waals surface area contributed by atoms with Crippen molar-refractivity contribution in [3.63, 3.8) is 0 Å². The number of piperidine rings is 1. The monoisotopic (exact) mass is 313 g/mol. The van der Waals surface area contributed by atoms with Crippen molar-refractivity contribution in [2.45, 2.75) is 17.7 Å². The lowest BCUT2D eigenvalue weighted by atomic mass is 10.1. The SMILES string of the molecule is COc1ccc(O)c(C(=O)N2CCC(Br)CC2)c1. The van der Waals surface area contributed by atoms with Crippen LogP contribution in [0.3, 0.4) is 0 Å². The molecule has 0 aromatic heterocycles. The van der Waals surface area contributed by atoms with E-state index in [0.717, 1.165) is 12.8 Å². The molecule has 98 valence electrons. The fraction of sp³-hybridized carbons (Fsp3) is 0.462. The van der Waals surface area contributed by atoms with E-state index in [1.807, 2.05) is 0 Å². The first kappa shape index (κ1) is 13.2. The summed E-state index contributed by atoms with van der Waals surface area (Å²) in [6, 6.07) is 4.71. The summed E-state index contributed by atoms with van der Waals surface area (Å²) >= 11 is 3.55. The largest absolute Gasteiger partial charge is 0.507 e. The summed E-state index contributed by atoms with van der Waals surface area (Å²) < 4.78 is 5.08. The fourth-order valence-electron chi connectivity index (χ4n) is 2.03. The molecule has 1 fully saturated rings. The molecule has 0 unspecified atom stereocenters. The lowest BCUT2D eigenvalue weighted by molar-refractivity contribution is 0.0725. The molecule has 1 aromatic rings. The first-order chi connectivity index (χ1) is 8.61. The summed E-state index contributed by atoms with van der Waals surface area (Å²) in [5.41, 5.74) is 0.308. The van der Waals surface area contributed by atoms with Crippen molar-refractivity contribution in [2.75, 3.05) is 20.2 Å². The zero-order valence-corrected chi connectivity index (χ0v) is 11.8. The smallest absolute Gasteiger partial charge is 0.257 e. The number of halogens is 1. The summed E-state index contributed by atoms with van der Waals surface area (Å²) in [5, 5.41) is 9.77. The predicted octanol–water partition coefficient (Wildman–Crippen LogP) is 2.40. The highest BCUT2D eigenvalue weighted by atomic mass is 79.9. The maximum Gasteiger partial charge on any atom is 0.257 e. The standard InChI is InChI=1S/C13H16BrNO3/c1-18-10-2-3-12(16)11(8-10)13(17)15-6-4-9(14)5-7-15/h2-3,8-9,16H,4-7H2,1H3. The van der Waals surface area contributed by atoms with Crippen molar-refractivity contribution >= 4 is 21.8 Å². The molecule has 0 radical (unpaired) electrons. The molecule has 5 heteroatoms. The quantitative estimate of drug-likeness (QED) is 0.853. The highest BCUT2D eigenvalue weighted by Gasteiger charge is 2.24. The Balaban J connectivity index is 2.17. The van der Waals surface area contributed by atoms with Crippen LogP contribution in [0.1, 0.15) is 23.2 Å². The van der Waals surface area contributed by atoms with Crippen LogP contribution in [0.15, 0.2) is 18.2 Å². The van der Waals surface area contributed by atoms with Gasteiger partial charge in [0.25, 0.3) is 5.91 Å². The van der Waals surface area contributed by atoms with Gasteiger partial charge in [0.15, 0.2) is 0 Å². The van der Waals surface area contributed by atoms with E-state index in [4.69, 9.17) is 4.74 Å². The van der Waals surface area contributed by atoms with Crippen LogP contribution < -0.4 is 4.74 Å². The summed E-state index contributed by atoms with van der Waals surface area (Å²) in [4.78, 5) is 14.5. The number of rotatable bonds is 2. The molecule has 1 aromatic carbocycles. The summed E-state index contributed by atoms with van der Waals surface area (Å²) in [6.07, 6.45) is 1.88. The number of aromatic hydroxyl groups is 1. The highest BCUT2D eigenvalue weighted by Crippen LogP contribution is 2.26. The van der Waals surface area contributed by atoms with Crippen molar-refractivity contribution < 1.29 is 14.6 Å². The molecule has 0 spiro atoms. The number of nitrogens with zero attached hydrogens (tertiary/aromatic N) is 1. The third kappa shape index (κ3) is 2.77. The number of alkyl halides is 1. The Hall–Kier alpha value is -1.23. The van der Waals surface area contributed by atoms with E-state index in [1.54, 1.807) is 17.0 Å². The minimum Gasteiger partial charge on any atom is -0.507 e. The molecule has 0 saturated carbocycles. The molecule has 1 heterocycles. The zero-order valence-electron chi connectivity index (χ0n) is 10.2. The van der Waals surface area contributed by atoms with Crippen molar-refractivity contribution in [3.05, 3.63) is 23.8 Å². The number of amides is 1. The van der Waals surface area contributed by atoms with Gasteiger partial charge in [-0.1, -0.05) is 15.9 Å². The van der Waals surface area contributed by atoms with Gasteiger partial charge in [-0.25, -0.2) is 0 Å². The minimum absolute atomic E-state index is 0.00163. The van der Waals surface area contributed by atoms with Crippen molar-refractivity contribution in [1.29, 1.82) is 0 Å². The van der Waals surface area contributed by atoms with Crippen LogP contribution in [0, 0.1) is 0 Å². The average molecular weight is 314 g/mol. The van der Waals surface area contributed by atoms with Gasteiger partial charge in [0, 0.05) is 17.9 Å². The van der Waals surface area contributed by atoms with Gasteiger partial charge < -0.3 is 14.7 Å². The lowest BCUT2D eigenvalue weighted by Crippen LogP contribution is -2.38. The topological polar surface area (TPSA) is 49.8 Å². The third-order valence-electron chi connectivity index (χ3n) is 3.15. The van der Waals surface area contributed by atoms with Crippen LogP contribution >= 0.6 is 15.9 Å². The first-order valence-corrected chi connectivity index (χ1v) is 6.83. The fourth-order valence-corrected chi connectivity index (χ4v) is 2.44. The number of ether oxygens (including phenoxy) is 1. The number of phenolic OH excluding ortho intramolecular Hbond substituents is 1. The van der Waals surface area contributed by atoms with Gasteiger partial charge in [-0.3, -0.25) is 4.79 Å². The van der Waals surface area contributed by atoms with E-state index in [9.17, 15) is 9.90 Å². The minimum atomic E-state index is -0.134. The van der Waals surface area contributed by atoms with Gasteiger partial charge in [0.1, 0.15) is 11.5 Å². The Morgan fingerprint density at radius 2 is 2.11 bits per heavy atom. The molecular formula is C13H16BrNO3. The number of hydrogen-bond acceptors (Lipinski definition) is 3. The Morgan fingerprint density at radius 1 is 1.44 bits per heavy atom. The number of carbonyl (C=O) groups excluding carboxylic acids is 1. The van der Waals surface area contributed by atoms with Crippen molar-refractivity contribution in [2.24, 2.45) is 0 Å². The van der Waals surface area contributed by atoms with Crippen LogP contribution in [-0.2, 0) is 0 Å². The number of carbonyl (C=O) groups is 1. The zero-order chi connectivity index (χ0) is 13.1. The van der Waals surface area contributed by atoms with Crippen LogP contribution in [0.5, 0.6) is 11.5 Å². The second-order valence-electron chi connectivity index (χ2n) is 4.35. The van der Waals surface area contributed by atoms with Gasteiger partial charge in [-0.2, -0.15) is 0 Å². The Kier molecular flexibility index (Phi) is 4.11.